The van der Waals surface area contributed by atoms with Gasteiger partial charge >= 0.3 is 17.9 Å². The second kappa shape index (κ2) is 55.7. The molecule has 0 heterocycles. The zero-order valence-electron chi connectivity index (χ0n) is 44.4. The molecular formula is C61H108O6. The molecule has 0 rings (SSSR count). The standard InChI is InChI=1S/C61H108O6/c1-4-7-10-13-16-19-22-25-28-30-33-36-39-42-45-48-51-54-60(63)66-57-58(56-65-59(62)53-50-47-44-41-38-35-32-27-24-21-18-15-12-9-6-3)67-61(64)55-52-49-46-43-40-37-34-31-29-26-23-20-17-14-11-8-5-2/h16,19,25,27-28,32-33,36,42,45,58H,4-15,17-18,20-24,26,29-31,34-35,37-41,43-44,46-57H2,1-3H3/b19-16-,28-25-,32-27-,36-33-,45-42-/t58-/m1/s1. The first-order valence-corrected chi connectivity index (χ1v) is 28.8. The lowest BCUT2D eigenvalue weighted by atomic mass is 10.0. The summed E-state index contributed by atoms with van der Waals surface area (Å²) in [4.78, 5) is 38.1. The van der Waals surface area contributed by atoms with Crippen molar-refractivity contribution in [2.24, 2.45) is 0 Å². The van der Waals surface area contributed by atoms with Gasteiger partial charge in [0, 0.05) is 19.3 Å². The minimum absolute atomic E-state index is 0.0931. The average molecular weight is 938 g/mol. The maximum absolute atomic E-state index is 12.9. The van der Waals surface area contributed by atoms with Gasteiger partial charge in [-0.2, -0.15) is 0 Å². The smallest absolute Gasteiger partial charge is 0.306 e. The van der Waals surface area contributed by atoms with Crippen LogP contribution in [0.25, 0.3) is 0 Å². The summed E-state index contributed by atoms with van der Waals surface area (Å²) in [6, 6.07) is 0. The van der Waals surface area contributed by atoms with Gasteiger partial charge in [-0.25, -0.2) is 0 Å². The Kier molecular flexibility index (Phi) is 53.3. The molecule has 67 heavy (non-hydrogen) atoms. The van der Waals surface area contributed by atoms with E-state index in [1.165, 1.54) is 173 Å². The van der Waals surface area contributed by atoms with Crippen LogP contribution in [0.3, 0.4) is 0 Å². The minimum Gasteiger partial charge on any atom is -0.462 e. The zero-order chi connectivity index (χ0) is 48.6. The van der Waals surface area contributed by atoms with Crippen LogP contribution in [0.1, 0.15) is 290 Å². The highest BCUT2D eigenvalue weighted by molar-refractivity contribution is 5.71. The Morgan fingerprint density at radius 3 is 0.940 bits per heavy atom. The van der Waals surface area contributed by atoms with Gasteiger partial charge < -0.3 is 14.2 Å². The molecule has 0 radical (unpaired) electrons. The van der Waals surface area contributed by atoms with Crippen LogP contribution in [0.4, 0.5) is 0 Å². The molecule has 0 bridgehead atoms. The van der Waals surface area contributed by atoms with E-state index < -0.39 is 6.10 Å². The average Bonchev–Trinajstić information content (AvgIpc) is 3.33. The fourth-order valence-electron chi connectivity index (χ4n) is 8.14. The van der Waals surface area contributed by atoms with E-state index >= 15 is 0 Å². The molecule has 0 aliphatic rings. The van der Waals surface area contributed by atoms with Crippen molar-refractivity contribution in [2.45, 2.75) is 297 Å². The lowest BCUT2D eigenvalue weighted by Crippen LogP contribution is -2.30. The maximum Gasteiger partial charge on any atom is 0.306 e. The van der Waals surface area contributed by atoms with Crippen molar-refractivity contribution in [3.8, 4) is 0 Å². The van der Waals surface area contributed by atoms with E-state index in [9.17, 15) is 14.4 Å². The third kappa shape index (κ3) is 53.9. The Labute approximate surface area is 415 Å². The van der Waals surface area contributed by atoms with Gasteiger partial charge in [0.2, 0.25) is 0 Å². The molecule has 0 fully saturated rings. The molecular weight excluding hydrogens is 829 g/mol. The Balaban J connectivity index is 4.45. The summed E-state index contributed by atoms with van der Waals surface area (Å²) in [5.41, 5.74) is 0. The van der Waals surface area contributed by atoms with Crippen molar-refractivity contribution in [3.63, 3.8) is 0 Å². The van der Waals surface area contributed by atoms with Gasteiger partial charge in [0.1, 0.15) is 13.2 Å². The molecule has 0 aliphatic heterocycles. The molecule has 0 aromatic rings. The Hall–Kier alpha value is -2.89. The monoisotopic (exact) mass is 937 g/mol. The SMILES string of the molecule is CCCCC/C=C\C/C=C\C/C=C\C/C=C\CCCC(=O)OC[C@@H](COC(=O)CCCCCCC/C=C\CCCCCCCC)OC(=O)CCCCCCCCCCCCCCCCCCC. The van der Waals surface area contributed by atoms with Crippen molar-refractivity contribution in [1.29, 1.82) is 0 Å². The summed E-state index contributed by atoms with van der Waals surface area (Å²) in [6.45, 7) is 6.58. The molecule has 0 aromatic heterocycles. The first-order valence-electron chi connectivity index (χ1n) is 28.8. The van der Waals surface area contributed by atoms with Crippen LogP contribution in [0.15, 0.2) is 60.8 Å². The number of carbonyl (C=O) groups is 3. The molecule has 0 aliphatic carbocycles. The number of esters is 3. The van der Waals surface area contributed by atoms with Crippen molar-refractivity contribution in [2.75, 3.05) is 13.2 Å². The lowest BCUT2D eigenvalue weighted by molar-refractivity contribution is -0.167. The quantitative estimate of drug-likeness (QED) is 0.0262. The molecule has 1 atom stereocenters. The van der Waals surface area contributed by atoms with Gasteiger partial charge in [-0.05, 0) is 83.5 Å². The third-order valence-electron chi connectivity index (χ3n) is 12.5. The molecule has 0 saturated heterocycles. The summed E-state index contributed by atoms with van der Waals surface area (Å²) < 4.78 is 16.8. The third-order valence-corrected chi connectivity index (χ3v) is 12.5. The van der Waals surface area contributed by atoms with Gasteiger partial charge in [-0.15, -0.1) is 0 Å². The lowest BCUT2D eigenvalue weighted by Gasteiger charge is -2.18. The molecule has 0 aromatic carbocycles. The predicted octanol–water partition coefficient (Wildman–Crippen LogP) is 19.2. The summed E-state index contributed by atoms with van der Waals surface area (Å²) in [6.07, 6.45) is 69.3. The van der Waals surface area contributed by atoms with E-state index in [4.69, 9.17) is 14.2 Å². The Morgan fingerprint density at radius 2 is 0.552 bits per heavy atom. The van der Waals surface area contributed by atoms with Gasteiger partial charge in [0.25, 0.3) is 0 Å². The minimum atomic E-state index is -0.797. The van der Waals surface area contributed by atoms with Crippen LogP contribution in [0.5, 0.6) is 0 Å². The van der Waals surface area contributed by atoms with Crippen LogP contribution < -0.4 is 0 Å². The van der Waals surface area contributed by atoms with Crippen molar-refractivity contribution in [1.82, 2.24) is 0 Å². The molecule has 0 saturated carbocycles. The van der Waals surface area contributed by atoms with Crippen LogP contribution >= 0.6 is 0 Å². The predicted molar refractivity (Wildman–Crippen MR) is 288 cm³/mol. The Bertz CT molecular complexity index is 1210. The number of unbranched alkanes of at least 4 members (excludes halogenated alkanes) is 31. The van der Waals surface area contributed by atoms with E-state index in [0.717, 1.165) is 70.6 Å². The molecule has 6 heteroatoms. The van der Waals surface area contributed by atoms with Crippen molar-refractivity contribution in [3.05, 3.63) is 60.8 Å². The van der Waals surface area contributed by atoms with Gasteiger partial charge in [0.05, 0.1) is 0 Å². The fraction of sp³-hybridized carbons (Fsp3) is 0.787. The molecule has 6 nitrogen and oxygen atoms in total. The fourth-order valence-corrected chi connectivity index (χ4v) is 8.14. The van der Waals surface area contributed by atoms with E-state index in [1.54, 1.807) is 0 Å². The second-order valence-electron chi connectivity index (χ2n) is 19.2. The first-order chi connectivity index (χ1) is 33.0. The van der Waals surface area contributed by atoms with Crippen molar-refractivity contribution < 1.29 is 28.6 Å². The maximum atomic E-state index is 12.9. The highest BCUT2D eigenvalue weighted by atomic mass is 16.6. The number of carbonyl (C=O) groups excluding carboxylic acids is 3. The molecule has 0 amide bonds. The van der Waals surface area contributed by atoms with E-state index in [-0.39, 0.29) is 37.5 Å². The number of allylic oxidation sites excluding steroid dienone is 10. The number of hydrogen-bond acceptors (Lipinski definition) is 6. The van der Waals surface area contributed by atoms with E-state index in [1.807, 2.05) is 0 Å². The zero-order valence-corrected chi connectivity index (χ0v) is 44.4. The van der Waals surface area contributed by atoms with Crippen LogP contribution in [0, 0.1) is 0 Å². The topological polar surface area (TPSA) is 78.9 Å². The summed E-state index contributed by atoms with van der Waals surface area (Å²) in [7, 11) is 0. The van der Waals surface area contributed by atoms with Gasteiger partial charge in [0.15, 0.2) is 6.10 Å². The van der Waals surface area contributed by atoms with E-state index in [0.29, 0.717) is 19.3 Å². The highest BCUT2D eigenvalue weighted by Gasteiger charge is 2.19. The Morgan fingerprint density at radius 1 is 0.299 bits per heavy atom. The van der Waals surface area contributed by atoms with Gasteiger partial charge in [-0.3, -0.25) is 14.4 Å². The van der Waals surface area contributed by atoms with E-state index in [2.05, 4.69) is 81.5 Å². The second-order valence-corrected chi connectivity index (χ2v) is 19.2. The normalized spacial score (nSPS) is 12.5. The summed E-state index contributed by atoms with van der Waals surface area (Å²) in [5, 5.41) is 0. The number of hydrogen-bond donors (Lipinski definition) is 0. The molecule has 0 unspecified atom stereocenters. The number of rotatable bonds is 52. The largest absolute Gasteiger partial charge is 0.462 e. The van der Waals surface area contributed by atoms with Crippen molar-refractivity contribution >= 4 is 17.9 Å². The molecule has 388 valence electrons. The highest BCUT2D eigenvalue weighted by Crippen LogP contribution is 2.16. The first kappa shape index (κ1) is 64.1. The molecule has 0 spiro atoms. The van der Waals surface area contributed by atoms with Crippen LogP contribution in [-0.2, 0) is 28.6 Å². The van der Waals surface area contributed by atoms with Crippen LogP contribution in [0.2, 0.25) is 0 Å². The van der Waals surface area contributed by atoms with Crippen LogP contribution in [-0.4, -0.2) is 37.2 Å². The summed E-state index contributed by atoms with van der Waals surface area (Å²) in [5.74, 6) is -0.947. The van der Waals surface area contributed by atoms with Gasteiger partial charge in [-0.1, -0.05) is 248 Å². The number of ether oxygens (including phenoxy) is 3. The molecule has 0 N–H and O–H groups in total. The summed E-state index contributed by atoms with van der Waals surface area (Å²) >= 11 is 0.